The molecule has 0 radical (unpaired) electrons. The lowest BCUT2D eigenvalue weighted by molar-refractivity contribution is -0.386. The second kappa shape index (κ2) is 4.36. The molecule has 1 rings (SSSR count). The van der Waals surface area contributed by atoms with Crippen LogP contribution in [0.3, 0.4) is 0 Å². The Morgan fingerprint density at radius 2 is 2.29 bits per heavy atom. The van der Waals surface area contributed by atoms with Crippen LogP contribution in [0.2, 0.25) is 0 Å². The summed E-state index contributed by atoms with van der Waals surface area (Å²) in [6.45, 7) is 1.98. The quantitative estimate of drug-likeness (QED) is 0.623. The number of benzene rings is 1. The van der Waals surface area contributed by atoms with Gasteiger partial charge >= 0.3 is 5.69 Å². The molecule has 1 aromatic rings. The molecule has 0 N–H and O–H groups in total. The monoisotopic (exact) mass is 263 g/mol. The molecule has 4 nitrogen and oxygen atoms in total. The summed E-state index contributed by atoms with van der Waals surface area (Å²) in [5.41, 5.74) is -0.376. The van der Waals surface area contributed by atoms with Gasteiger partial charge in [-0.1, -0.05) is 0 Å². The summed E-state index contributed by atoms with van der Waals surface area (Å²) in [6.07, 6.45) is 0. The molecule has 76 valence electrons. The molecule has 0 aromatic heterocycles. The molecule has 0 amide bonds. The molecule has 0 spiro atoms. The van der Waals surface area contributed by atoms with Gasteiger partial charge in [-0.15, -0.1) is 0 Å². The lowest BCUT2D eigenvalue weighted by Crippen LogP contribution is -1.99. The first-order valence-corrected chi connectivity index (χ1v) is 4.61. The molecule has 0 atom stereocenters. The highest BCUT2D eigenvalue weighted by atomic mass is 79.9. The summed E-state index contributed by atoms with van der Waals surface area (Å²) in [6, 6.07) is 1.95. The maximum atomic E-state index is 12.8. The van der Waals surface area contributed by atoms with Crippen LogP contribution in [-0.4, -0.2) is 11.5 Å². The van der Waals surface area contributed by atoms with Crippen molar-refractivity contribution in [3.8, 4) is 5.75 Å². The summed E-state index contributed by atoms with van der Waals surface area (Å²) >= 11 is 3.00. The van der Waals surface area contributed by atoms with Crippen LogP contribution >= 0.6 is 15.9 Å². The van der Waals surface area contributed by atoms with Gasteiger partial charge in [-0.2, -0.15) is 0 Å². The summed E-state index contributed by atoms with van der Waals surface area (Å²) < 4.78 is 18.1. The van der Waals surface area contributed by atoms with E-state index in [1.54, 1.807) is 6.92 Å². The molecule has 1 aromatic carbocycles. The van der Waals surface area contributed by atoms with Gasteiger partial charge in [-0.3, -0.25) is 10.1 Å². The maximum Gasteiger partial charge on any atom is 0.315 e. The van der Waals surface area contributed by atoms with Crippen LogP contribution in [0.1, 0.15) is 6.92 Å². The number of ether oxygens (including phenoxy) is 1. The average molecular weight is 264 g/mol. The third kappa shape index (κ3) is 2.20. The number of halogens is 2. The minimum absolute atomic E-state index is 0.0545. The predicted molar refractivity (Wildman–Crippen MR) is 51.9 cm³/mol. The minimum Gasteiger partial charge on any atom is -0.486 e. The largest absolute Gasteiger partial charge is 0.486 e. The molecule has 0 heterocycles. The van der Waals surface area contributed by atoms with Gasteiger partial charge in [-0.05, 0) is 28.9 Å². The van der Waals surface area contributed by atoms with Gasteiger partial charge in [0.05, 0.1) is 22.1 Å². The zero-order chi connectivity index (χ0) is 10.7. The van der Waals surface area contributed by atoms with Crippen molar-refractivity contribution in [2.24, 2.45) is 0 Å². The Labute approximate surface area is 88.0 Å². The fourth-order valence-corrected chi connectivity index (χ4v) is 1.51. The summed E-state index contributed by atoms with van der Waals surface area (Å²) in [4.78, 5) is 9.86. The van der Waals surface area contributed by atoms with E-state index in [1.165, 1.54) is 0 Å². The molecule has 6 heteroatoms. The molecule has 0 fully saturated rings. The Balaban J connectivity index is 3.28. The van der Waals surface area contributed by atoms with Gasteiger partial charge in [-0.25, -0.2) is 4.39 Å². The Hall–Kier alpha value is -1.17. The van der Waals surface area contributed by atoms with Crippen molar-refractivity contribution in [1.82, 2.24) is 0 Å². The SMILES string of the molecule is CCOc1c(Br)cc(F)cc1[N+](=O)[O-]. The van der Waals surface area contributed by atoms with Crippen molar-refractivity contribution in [3.05, 3.63) is 32.5 Å². The summed E-state index contributed by atoms with van der Waals surface area (Å²) in [7, 11) is 0. The highest BCUT2D eigenvalue weighted by Crippen LogP contribution is 2.35. The van der Waals surface area contributed by atoms with Crippen LogP contribution in [0, 0.1) is 15.9 Å². The van der Waals surface area contributed by atoms with Gasteiger partial charge in [0, 0.05) is 0 Å². The van der Waals surface area contributed by atoms with Crippen molar-refractivity contribution in [2.75, 3.05) is 6.61 Å². The van der Waals surface area contributed by atoms with E-state index in [0.29, 0.717) is 0 Å². The molecule has 14 heavy (non-hydrogen) atoms. The zero-order valence-corrected chi connectivity index (χ0v) is 8.88. The van der Waals surface area contributed by atoms with E-state index in [2.05, 4.69) is 15.9 Å². The highest BCUT2D eigenvalue weighted by molar-refractivity contribution is 9.10. The van der Waals surface area contributed by atoms with Gasteiger partial charge < -0.3 is 4.74 Å². The fraction of sp³-hybridized carbons (Fsp3) is 0.250. The molecular formula is C8H7BrFNO3. The second-order valence-corrected chi connectivity index (χ2v) is 3.28. The topological polar surface area (TPSA) is 52.4 Å². The summed E-state index contributed by atoms with van der Waals surface area (Å²) in [5, 5.41) is 10.5. The first-order valence-electron chi connectivity index (χ1n) is 3.82. The smallest absolute Gasteiger partial charge is 0.315 e. The van der Waals surface area contributed by atoms with Crippen molar-refractivity contribution in [1.29, 1.82) is 0 Å². The van der Waals surface area contributed by atoms with E-state index >= 15 is 0 Å². The Bertz CT molecular complexity index is 370. The first-order chi connectivity index (χ1) is 6.56. The van der Waals surface area contributed by atoms with E-state index in [-0.39, 0.29) is 22.5 Å². The van der Waals surface area contributed by atoms with Crippen LogP contribution in [-0.2, 0) is 0 Å². The number of nitro benzene ring substituents is 1. The van der Waals surface area contributed by atoms with Gasteiger partial charge in [0.25, 0.3) is 0 Å². The van der Waals surface area contributed by atoms with E-state index < -0.39 is 10.7 Å². The molecule has 0 saturated carbocycles. The second-order valence-electron chi connectivity index (χ2n) is 2.43. The van der Waals surface area contributed by atoms with Crippen molar-refractivity contribution in [3.63, 3.8) is 0 Å². The molecule has 0 bridgehead atoms. The van der Waals surface area contributed by atoms with Crippen molar-refractivity contribution >= 4 is 21.6 Å². The third-order valence-corrected chi connectivity index (χ3v) is 2.06. The number of nitrogens with zero attached hydrogens (tertiary/aromatic N) is 1. The number of hydrogen-bond donors (Lipinski definition) is 0. The molecule has 0 aliphatic heterocycles. The van der Waals surface area contributed by atoms with E-state index in [9.17, 15) is 14.5 Å². The lowest BCUT2D eigenvalue weighted by Gasteiger charge is -2.05. The van der Waals surface area contributed by atoms with Crippen LogP contribution in [0.5, 0.6) is 5.75 Å². The van der Waals surface area contributed by atoms with Crippen molar-refractivity contribution in [2.45, 2.75) is 6.92 Å². The van der Waals surface area contributed by atoms with Gasteiger partial charge in [0.15, 0.2) is 0 Å². The zero-order valence-electron chi connectivity index (χ0n) is 7.29. The van der Waals surface area contributed by atoms with Crippen LogP contribution in [0.15, 0.2) is 16.6 Å². The Kier molecular flexibility index (Phi) is 3.40. The molecule has 0 aliphatic carbocycles. The fourth-order valence-electron chi connectivity index (χ4n) is 0.970. The predicted octanol–water partition coefficient (Wildman–Crippen LogP) is 2.90. The van der Waals surface area contributed by atoms with Crippen molar-refractivity contribution < 1.29 is 14.1 Å². The number of hydrogen-bond acceptors (Lipinski definition) is 3. The molecular weight excluding hydrogens is 257 g/mol. The van der Waals surface area contributed by atoms with E-state index in [1.807, 2.05) is 0 Å². The highest BCUT2D eigenvalue weighted by Gasteiger charge is 2.19. The van der Waals surface area contributed by atoms with Crippen LogP contribution in [0.4, 0.5) is 10.1 Å². The Morgan fingerprint density at radius 3 is 2.79 bits per heavy atom. The maximum absolute atomic E-state index is 12.8. The van der Waals surface area contributed by atoms with Crippen LogP contribution in [0.25, 0.3) is 0 Å². The van der Waals surface area contributed by atoms with E-state index in [0.717, 1.165) is 12.1 Å². The standard InChI is InChI=1S/C8H7BrFNO3/c1-2-14-8-6(9)3-5(10)4-7(8)11(12)13/h3-4H,2H2,1H3. The average Bonchev–Trinajstić information content (AvgIpc) is 2.09. The molecule has 0 unspecified atom stereocenters. The first kappa shape index (κ1) is 10.9. The molecule has 0 aliphatic rings. The van der Waals surface area contributed by atoms with Crippen LogP contribution < -0.4 is 4.74 Å². The van der Waals surface area contributed by atoms with Gasteiger partial charge in [0.2, 0.25) is 5.75 Å². The summed E-state index contributed by atoms with van der Waals surface area (Å²) in [5.74, 6) is -0.620. The molecule has 0 saturated heterocycles. The third-order valence-electron chi connectivity index (χ3n) is 1.47. The van der Waals surface area contributed by atoms with Gasteiger partial charge in [0.1, 0.15) is 5.82 Å². The lowest BCUT2D eigenvalue weighted by atomic mass is 10.3. The number of nitro groups is 1. The minimum atomic E-state index is -0.682. The normalized spacial score (nSPS) is 9.93. The van der Waals surface area contributed by atoms with E-state index in [4.69, 9.17) is 4.74 Å². The number of rotatable bonds is 3. The Morgan fingerprint density at radius 1 is 1.64 bits per heavy atom.